The number of nitrogens with zero attached hydrogens (tertiary/aromatic N) is 5. The van der Waals surface area contributed by atoms with Crippen molar-refractivity contribution >= 4 is 55.4 Å². The maximum atomic E-state index is 15.4. The topological polar surface area (TPSA) is 194 Å². The van der Waals surface area contributed by atoms with E-state index in [2.05, 4.69) is 62.9 Å². The first-order valence-corrected chi connectivity index (χ1v) is 26.0. The van der Waals surface area contributed by atoms with Gasteiger partial charge in [-0.05, 0) is 113 Å². The first-order chi connectivity index (χ1) is 33.8. The number of likely N-dealkylation sites (tertiary alicyclic amines) is 1. The van der Waals surface area contributed by atoms with Crippen molar-refractivity contribution in [1.82, 2.24) is 19.6 Å². The van der Waals surface area contributed by atoms with E-state index in [4.69, 9.17) is 23.9 Å². The molecule has 11 rings (SSSR count). The van der Waals surface area contributed by atoms with E-state index in [0.29, 0.717) is 35.0 Å². The fourth-order valence-electron chi connectivity index (χ4n) is 11.7. The van der Waals surface area contributed by atoms with Gasteiger partial charge in [0.25, 0.3) is 21.6 Å². The summed E-state index contributed by atoms with van der Waals surface area (Å²) in [7, 11) is -4.68. The Balaban J connectivity index is 0.860. The maximum Gasteiger partial charge on any atom is 0.293 e. The van der Waals surface area contributed by atoms with Gasteiger partial charge in [0.1, 0.15) is 34.5 Å². The van der Waals surface area contributed by atoms with Gasteiger partial charge in [-0.1, -0.05) is 18.2 Å². The third-order valence-corrected chi connectivity index (χ3v) is 16.8. The second kappa shape index (κ2) is 18.3. The zero-order valence-electron chi connectivity index (χ0n) is 39.4. The summed E-state index contributed by atoms with van der Waals surface area (Å²) in [6.45, 7) is 7.66. The average molecular weight is 979 g/mol. The molecular formula is C51H59FN8O9S. The van der Waals surface area contributed by atoms with Crippen LogP contribution in [0.2, 0.25) is 0 Å². The predicted molar refractivity (Wildman–Crippen MR) is 262 cm³/mol. The molecule has 370 valence electrons. The van der Waals surface area contributed by atoms with Crippen molar-refractivity contribution in [3.63, 3.8) is 0 Å². The number of carbonyl (C=O) groups excluding carboxylic acids is 1. The number of hydrogen-bond acceptors (Lipinski definition) is 14. The highest BCUT2D eigenvalue weighted by Crippen LogP contribution is 2.55. The van der Waals surface area contributed by atoms with Gasteiger partial charge in [-0.25, -0.2) is 17.5 Å². The zero-order valence-corrected chi connectivity index (χ0v) is 40.2. The van der Waals surface area contributed by atoms with Crippen LogP contribution in [0.15, 0.2) is 83.9 Å². The summed E-state index contributed by atoms with van der Waals surface area (Å²) in [5.74, 6) is 0.399. The Labute approximate surface area is 406 Å². The van der Waals surface area contributed by atoms with E-state index in [0.717, 1.165) is 80.7 Å². The molecule has 1 saturated carbocycles. The fourth-order valence-corrected chi connectivity index (χ4v) is 12.7. The lowest BCUT2D eigenvalue weighted by atomic mass is 9.60. The molecule has 0 radical (unpaired) electrons. The van der Waals surface area contributed by atoms with Crippen molar-refractivity contribution in [2.75, 3.05) is 67.7 Å². The molecule has 7 heterocycles. The highest BCUT2D eigenvalue weighted by Gasteiger charge is 2.50. The number of benzene rings is 3. The number of aromatic amines is 1. The third kappa shape index (κ3) is 8.78. The smallest absolute Gasteiger partial charge is 0.293 e. The predicted octanol–water partition coefficient (Wildman–Crippen LogP) is 8.19. The maximum absolute atomic E-state index is 15.4. The molecule has 0 bridgehead atoms. The number of carbonyl (C=O) groups is 1. The van der Waals surface area contributed by atoms with Crippen molar-refractivity contribution in [2.24, 2.45) is 5.41 Å². The minimum atomic E-state index is -4.68. The Morgan fingerprint density at radius 2 is 1.79 bits per heavy atom. The van der Waals surface area contributed by atoms with Gasteiger partial charge < -0.3 is 39.0 Å². The second-order valence-electron chi connectivity index (χ2n) is 20.2. The molecule has 5 aliphatic heterocycles. The molecule has 1 amide bonds. The van der Waals surface area contributed by atoms with Crippen LogP contribution >= 0.6 is 0 Å². The van der Waals surface area contributed by atoms with Crippen LogP contribution in [0.3, 0.4) is 0 Å². The van der Waals surface area contributed by atoms with Gasteiger partial charge in [0.15, 0.2) is 0 Å². The third-order valence-electron chi connectivity index (χ3n) is 15.4. The molecule has 17 nitrogen and oxygen atoms in total. The summed E-state index contributed by atoms with van der Waals surface area (Å²) in [5.41, 5.74) is 1.88. The number of nitrogens with one attached hydrogen (secondary N) is 3. The SMILES string of the molecule is CC(C)Oc1ccccc1[C@@H]1CCCN1C1CC2(CCN(c3ccc(C(=O)NS(=O)(=O)c4ccc(NCC5(F)CCOCC5)c([N+](=O)[O-])c4)c(N4c5cc6cc[nH]c6nc5O[C@@H]5COC[C@H]54)c3)CC2)C1. The Morgan fingerprint density at radius 1 is 0.986 bits per heavy atom. The van der Waals surface area contributed by atoms with Crippen LogP contribution in [0.1, 0.15) is 87.2 Å². The van der Waals surface area contributed by atoms with E-state index in [9.17, 15) is 23.3 Å². The number of halogens is 1. The van der Waals surface area contributed by atoms with Crippen LogP contribution in [0.4, 0.5) is 32.8 Å². The number of ether oxygens (including phenoxy) is 4. The van der Waals surface area contributed by atoms with Gasteiger partial charge in [0, 0.05) is 86.7 Å². The van der Waals surface area contributed by atoms with Crippen molar-refractivity contribution in [3.05, 3.63) is 100 Å². The van der Waals surface area contributed by atoms with E-state index in [1.807, 2.05) is 29.2 Å². The van der Waals surface area contributed by atoms with Crippen LogP contribution in [-0.2, 0) is 19.5 Å². The van der Waals surface area contributed by atoms with Gasteiger partial charge in [-0.2, -0.15) is 4.98 Å². The average Bonchev–Trinajstić information content (AvgIpc) is 4.13. The van der Waals surface area contributed by atoms with Crippen LogP contribution in [0, 0.1) is 15.5 Å². The summed E-state index contributed by atoms with van der Waals surface area (Å²) in [5, 5.41) is 15.9. The van der Waals surface area contributed by atoms with Gasteiger partial charge >= 0.3 is 0 Å². The molecule has 6 aliphatic rings. The number of alkyl halides is 1. The first-order valence-electron chi connectivity index (χ1n) is 24.5. The molecule has 0 unspecified atom stereocenters. The molecule has 2 aromatic heterocycles. The second-order valence-corrected chi connectivity index (χ2v) is 21.9. The Morgan fingerprint density at radius 3 is 2.57 bits per heavy atom. The largest absolute Gasteiger partial charge is 0.491 e. The number of rotatable bonds is 13. The standard InChI is InChI=1S/C51H59FN8O9S/c1-32(2)68-45-8-4-3-6-37(45)40-7-5-19-58(40)35-27-50(28-35)14-20-57(21-15-50)34-9-11-38(41(25-34)59-43-24-33-13-18-53-47(33)55-49(43)69-46-30-67-29-44(46)59)48(61)56-70(64,65)36-10-12-39(42(26-36)60(62)63)54-31-51(52)16-22-66-23-17-51/h3-4,6,8-13,18,24-26,32,35,40,44,46,54H,5,7,14-17,19-23,27-31H2,1-2H3,(H,53,55)(H,56,61)/t40-,44+,46+/m0/s1. The minimum Gasteiger partial charge on any atom is -0.491 e. The lowest BCUT2D eigenvalue weighted by Crippen LogP contribution is -2.55. The molecule has 3 N–H and O–H groups in total. The number of pyridine rings is 1. The van der Waals surface area contributed by atoms with Crippen LogP contribution in [0.5, 0.6) is 11.6 Å². The van der Waals surface area contributed by atoms with Gasteiger partial charge in [-0.15, -0.1) is 0 Å². The molecule has 70 heavy (non-hydrogen) atoms. The van der Waals surface area contributed by atoms with Gasteiger partial charge in [-0.3, -0.25) is 19.8 Å². The van der Waals surface area contributed by atoms with Crippen molar-refractivity contribution in [3.8, 4) is 11.6 Å². The highest BCUT2D eigenvalue weighted by atomic mass is 32.2. The van der Waals surface area contributed by atoms with Gasteiger partial charge in [0.2, 0.25) is 5.88 Å². The Kier molecular flexibility index (Phi) is 12.1. The normalized spacial score (nSPS) is 23.2. The molecule has 1 aliphatic carbocycles. The first kappa shape index (κ1) is 46.4. The zero-order chi connectivity index (χ0) is 48.4. The molecular weight excluding hydrogens is 920 g/mol. The summed E-state index contributed by atoms with van der Waals surface area (Å²) in [6, 6.07) is 21.5. The van der Waals surface area contributed by atoms with E-state index in [1.54, 1.807) is 12.3 Å². The highest BCUT2D eigenvalue weighted by molar-refractivity contribution is 7.90. The molecule has 3 atom stereocenters. The number of nitro groups is 1. The van der Waals surface area contributed by atoms with Crippen LogP contribution in [0.25, 0.3) is 11.0 Å². The van der Waals surface area contributed by atoms with E-state index in [1.165, 1.54) is 18.1 Å². The van der Waals surface area contributed by atoms with Crippen molar-refractivity contribution in [2.45, 2.75) is 106 Å². The van der Waals surface area contributed by atoms with E-state index in [-0.39, 0.29) is 74.6 Å². The van der Waals surface area contributed by atoms with Crippen molar-refractivity contribution < 1.29 is 41.5 Å². The fraction of sp³-hybridized carbons (Fsp3) is 0.490. The van der Waals surface area contributed by atoms with E-state index >= 15 is 4.39 Å². The quantitative estimate of drug-likeness (QED) is 0.0755. The molecule has 5 aromatic rings. The summed E-state index contributed by atoms with van der Waals surface area (Å²) in [6.07, 6.45) is 8.32. The van der Waals surface area contributed by atoms with Gasteiger partial charge in [0.05, 0.1) is 46.4 Å². The molecule has 3 aromatic carbocycles. The summed E-state index contributed by atoms with van der Waals surface area (Å²) >= 11 is 0. The molecule has 5 fully saturated rings. The lowest BCUT2D eigenvalue weighted by Gasteiger charge is -2.56. The number of para-hydroxylation sites is 1. The number of nitro benzene ring substituents is 1. The van der Waals surface area contributed by atoms with Crippen LogP contribution in [-0.4, -0.2) is 117 Å². The summed E-state index contributed by atoms with van der Waals surface area (Å²) < 4.78 is 69.6. The molecule has 19 heteroatoms. The number of hydrogen-bond donors (Lipinski definition) is 3. The lowest BCUT2D eigenvalue weighted by molar-refractivity contribution is -0.384. The number of anilines is 4. The minimum absolute atomic E-state index is 0.0451. The monoisotopic (exact) mass is 978 g/mol. The van der Waals surface area contributed by atoms with Crippen molar-refractivity contribution in [1.29, 1.82) is 0 Å². The number of H-pyrrole nitrogens is 1. The Hall–Kier alpha value is -6.02. The number of amides is 1. The summed E-state index contributed by atoms with van der Waals surface area (Å²) in [4.78, 5) is 40.6. The number of sulfonamides is 1. The van der Waals surface area contributed by atoms with Crippen LogP contribution < -0.4 is 29.3 Å². The molecule has 1 spiro atoms. The van der Waals surface area contributed by atoms with E-state index < -0.39 is 43.2 Å². The number of fused-ring (bicyclic) bond motifs is 3. The number of piperidine rings is 1. The molecule has 4 saturated heterocycles. The Bertz CT molecular complexity index is 2910. The number of aromatic nitrogens is 2.